The molecule has 28 heavy (non-hydrogen) atoms. The second kappa shape index (κ2) is 8.01. The van der Waals surface area contributed by atoms with Gasteiger partial charge in [0.25, 0.3) is 5.91 Å². The molecule has 1 aromatic carbocycles. The van der Waals surface area contributed by atoms with Crippen LogP contribution in [0.15, 0.2) is 41.1 Å². The minimum Gasteiger partial charge on any atom is -0.454 e. The second-order valence-corrected chi connectivity index (χ2v) is 6.83. The van der Waals surface area contributed by atoms with Crippen LogP contribution >= 0.6 is 11.3 Å². The Balaban J connectivity index is 1.65. The van der Waals surface area contributed by atoms with E-state index in [-0.39, 0.29) is 11.0 Å². The third-order valence-electron chi connectivity index (χ3n) is 3.98. The standard InChI is InChI=1S/C18H16F3N3O3S/c1-23(8-12-6-7-28-11-12)15(25)10-27-16(26)9-24-14-5-3-2-4-13(14)22-17(24)18(19,20)21/h2-7,11H,8-10H2,1H3. The van der Waals surface area contributed by atoms with Crippen molar-refractivity contribution in [3.05, 3.63) is 52.5 Å². The van der Waals surface area contributed by atoms with Gasteiger partial charge >= 0.3 is 12.1 Å². The van der Waals surface area contributed by atoms with Gasteiger partial charge in [-0.25, -0.2) is 4.98 Å². The fraction of sp³-hybridized carbons (Fsp3) is 0.278. The first-order valence-corrected chi connectivity index (χ1v) is 9.13. The van der Waals surface area contributed by atoms with Crippen molar-refractivity contribution in [1.29, 1.82) is 0 Å². The van der Waals surface area contributed by atoms with Gasteiger partial charge in [-0.05, 0) is 34.5 Å². The highest BCUT2D eigenvalue weighted by atomic mass is 32.1. The first-order valence-electron chi connectivity index (χ1n) is 8.19. The Bertz CT molecular complexity index is 983. The molecule has 0 aliphatic carbocycles. The number of hydrogen-bond donors (Lipinski definition) is 0. The summed E-state index contributed by atoms with van der Waals surface area (Å²) in [6.07, 6.45) is -4.73. The number of halogens is 3. The van der Waals surface area contributed by atoms with Crippen molar-refractivity contribution in [2.24, 2.45) is 0 Å². The maximum absolute atomic E-state index is 13.2. The number of benzene rings is 1. The number of esters is 1. The number of carbonyl (C=O) groups is 2. The van der Waals surface area contributed by atoms with E-state index >= 15 is 0 Å². The third kappa shape index (κ3) is 4.50. The van der Waals surface area contributed by atoms with Crippen molar-refractivity contribution in [2.45, 2.75) is 19.3 Å². The van der Waals surface area contributed by atoms with E-state index in [0.717, 1.165) is 10.1 Å². The number of hydrogen-bond acceptors (Lipinski definition) is 5. The molecule has 0 aliphatic rings. The number of alkyl halides is 3. The van der Waals surface area contributed by atoms with Crippen LogP contribution in [0.1, 0.15) is 11.4 Å². The third-order valence-corrected chi connectivity index (χ3v) is 4.71. The van der Waals surface area contributed by atoms with Crippen LogP contribution in [0.3, 0.4) is 0 Å². The molecule has 0 unspecified atom stereocenters. The van der Waals surface area contributed by atoms with Crippen molar-refractivity contribution in [3.63, 3.8) is 0 Å². The lowest BCUT2D eigenvalue weighted by Crippen LogP contribution is -2.31. The van der Waals surface area contributed by atoms with Gasteiger partial charge in [0.2, 0.25) is 5.82 Å². The quantitative estimate of drug-likeness (QED) is 0.584. The molecule has 0 bridgehead atoms. The molecule has 0 N–H and O–H groups in total. The normalized spacial score (nSPS) is 11.6. The Morgan fingerprint density at radius 3 is 2.68 bits per heavy atom. The van der Waals surface area contributed by atoms with Gasteiger partial charge < -0.3 is 14.2 Å². The van der Waals surface area contributed by atoms with Gasteiger partial charge in [-0.15, -0.1) is 0 Å². The highest BCUT2D eigenvalue weighted by molar-refractivity contribution is 7.07. The Morgan fingerprint density at radius 2 is 2.00 bits per heavy atom. The average Bonchev–Trinajstić information content (AvgIpc) is 3.27. The number of rotatable bonds is 6. The highest BCUT2D eigenvalue weighted by Gasteiger charge is 2.38. The number of para-hydroxylation sites is 2. The van der Waals surface area contributed by atoms with Gasteiger partial charge in [0.05, 0.1) is 11.0 Å². The van der Waals surface area contributed by atoms with Crippen LogP contribution < -0.4 is 0 Å². The number of imidazole rings is 1. The molecule has 0 fully saturated rings. The lowest BCUT2D eigenvalue weighted by molar-refractivity contribution is -0.155. The molecular weight excluding hydrogens is 395 g/mol. The summed E-state index contributed by atoms with van der Waals surface area (Å²) < 4.78 is 45.4. The van der Waals surface area contributed by atoms with Crippen LogP contribution in [0, 0.1) is 0 Å². The molecule has 0 radical (unpaired) electrons. The molecule has 6 nitrogen and oxygen atoms in total. The molecule has 1 amide bonds. The smallest absolute Gasteiger partial charge is 0.449 e. The largest absolute Gasteiger partial charge is 0.454 e. The Hall–Kier alpha value is -2.88. The first-order chi connectivity index (χ1) is 13.3. The van der Waals surface area contributed by atoms with E-state index in [9.17, 15) is 22.8 Å². The van der Waals surface area contributed by atoms with Gasteiger partial charge in [0.1, 0.15) is 6.54 Å². The number of ether oxygens (including phenoxy) is 1. The maximum Gasteiger partial charge on any atom is 0.449 e. The summed E-state index contributed by atoms with van der Waals surface area (Å²) in [4.78, 5) is 29.1. The summed E-state index contributed by atoms with van der Waals surface area (Å²) in [7, 11) is 1.55. The number of carbonyl (C=O) groups excluding carboxylic acids is 2. The number of amides is 1. The maximum atomic E-state index is 13.2. The zero-order valence-electron chi connectivity index (χ0n) is 14.8. The van der Waals surface area contributed by atoms with Crippen LogP contribution in [-0.4, -0.2) is 40.0 Å². The number of nitrogens with zero attached hydrogens (tertiary/aromatic N) is 3. The summed E-state index contributed by atoms with van der Waals surface area (Å²) in [6, 6.07) is 7.83. The van der Waals surface area contributed by atoms with Crippen molar-refractivity contribution in [2.75, 3.05) is 13.7 Å². The second-order valence-electron chi connectivity index (χ2n) is 6.05. The van der Waals surface area contributed by atoms with Gasteiger partial charge in [-0.2, -0.15) is 24.5 Å². The topological polar surface area (TPSA) is 64.4 Å². The summed E-state index contributed by atoms with van der Waals surface area (Å²) in [5, 5.41) is 3.76. The van der Waals surface area contributed by atoms with Crippen LogP contribution in [0.4, 0.5) is 13.2 Å². The fourth-order valence-corrected chi connectivity index (χ4v) is 3.28. The van der Waals surface area contributed by atoms with Crippen LogP contribution in [-0.2, 0) is 33.6 Å². The SMILES string of the molecule is CN(Cc1ccsc1)C(=O)COC(=O)Cn1c(C(F)(F)F)nc2ccccc21. The zero-order chi connectivity index (χ0) is 20.3. The molecule has 148 valence electrons. The van der Waals surface area contributed by atoms with Gasteiger partial charge in [0, 0.05) is 13.6 Å². The van der Waals surface area contributed by atoms with E-state index in [1.54, 1.807) is 19.2 Å². The molecule has 10 heteroatoms. The van der Waals surface area contributed by atoms with E-state index in [1.165, 1.54) is 28.4 Å². The minimum atomic E-state index is -4.73. The Labute approximate surface area is 162 Å². The van der Waals surface area contributed by atoms with Gasteiger partial charge in [0.15, 0.2) is 6.61 Å². The predicted octanol–water partition coefficient (Wildman–Crippen LogP) is 3.32. The van der Waals surface area contributed by atoms with E-state index in [1.807, 2.05) is 16.8 Å². The van der Waals surface area contributed by atoms with Gasteiger partial charge in [-0.3, -0.25) is 9.59 Å². The Kier molecular flexibility index (Phi) is 5.68. The number of thiophene rings is 1. The van der Waals surface area contributed by atoms with Gasteiger partial charge in [-0.1, -0.05) is 12.1 Å². The molecule has 2 aromatic heterocycles. The molecule has 3 aromatic rings. The number of likely N-dealkylation sites (N-methyl/N-ethyl adjacent to an activating group) is 1. The summed E-state index contributed by atoms with van der Waals surface area (Å²) in [5.41, 5.74) is 1.22. The van der Waals surface area contributed by atoms with E-state index in [4.69, 9.17) is 4.74 Å². The summed E-state index contributed by atoms with van der Waals surface area (Å²) in [6.45, 7) is -0.894. The first kappa shape index (κ1) is 19.9. The van der Waals surface area contributed by atoms with Crippen LogP contribution in [0.5, 0.6) is 0 Å². The predicted molar refractivity (Wildman–Crippen MR) is 96.5 cm³/mol. The fourth-order valence-electron chi connectivity index (χ4n) is 2.62. The molecule has 0 saturated carbocycles. The van der Waals surface area contributed by atoms with Crippen molar-refractivity contribution < 1.29 is 27.5 Å². The molecule has 0 saturated heterocycles. The molecule has 0 aliphatic heterocycles. The monoisotopic (exact) mass is 411 g/mol. The molecule has 0 spiro atoms. The molecule has 2 heterocycles. The number of aromatic nitrogens is 2. The molecular formula is C18H16F3N3O3S. The van der Waals surface area contributed by atoms with Crippen LogP contribution in [0.25, 0.3) is 11.0 Å². The summed E-state index contributed by atoms with van der Waals surface area (Å²) >= 11 is 1.49. The number of fused-ring (bicyclic) bond motifs is 1. The summed E-state index contributed by atoms with van der Waals surface area (Å²) in [5.74, 6) is -2.59. The molecule has 3 rings (SSSR count). The lowest BCUT2D eigenvalue weighted by Gasteiger charge is -2.16. The van der Waals surface area contributed by atoms with E-state index in [0.29, 0.717) is 6.54 Å². The molecule has 0 atom stereocenters. The van der Waals surface area contributed by atoms with Crippen molar-refractivity contribution >= 4 is 34.2 Å². The Morgan fingerprint density at radius 1 is 1.25 bits per heavy atom. The van der Waals surface area contributed by atoms with Crippen LogP contribution in [0.2, 0.25) is 0 Å². The minimum absolute atomic E-state index is 0.120. The highest BCUT2D eigenvalue weighted by Crippen LogP contribution is 2.31. The lowest BCUT2D eigenvalue weighted by atomic mass is 10.3. The van der Waals surface area contributed by atoms with E-state index < -0.39 is 37.0 Å². The average molecular weight is 411 g/mol. The van der Waals surface area contributed by atoms with Crippen molar-refractivity contribution in [1.82, 2.24) is 14.5 Å². The zero-order valence-corrected chi connectivity index (χ0v) is 15.6. The van der Waals surface area contributed by atoms with Crippen molar-refractivity contribution in [3.8, 4) is 0 Å². The van der Waals surface area contributed by atoms with E-state index in [2.05, 4.69) is 4.98 Å².